The number of aliphatic hydroxyl groups excluding tert-OH is 1. The van der Waals surface area contributed by atoms with Crippen LogP contribution in [0.2, 0.25) is 0 Å². The fourth-order valence-corrected chi connectivity index (χ4v) is 2.52. The number of hydrogen-bond acceptors (Lipinski definition) is 4. The normalized spacial score (nSPS) is 12.2. The van der Waals surface area contributed by atoms with E-state index in [2.05, 4.69) is 20.7 Å². The number of amides is 2. The van der Waals surface area contributed by atoms with Gasteiger partial charge in [-0.15, -0.1) is 0 Å². The molecule has 1 atom stereocenters. The second-order valence-corrected chi connectivity index (χ2v) is 6.25. The lowest BCUT2D eigenvalue weighted by atomic mass is 10.1. The van der Waals surface area contributed by atoms with E-state index in [0.717, 1.165) is 11.5 Å². The third-order valence-corrected chi connectivity index (χ3v) is 3.50. The number of aliphatic hydroxyl groups is 1. The maximum atomic E-state index is 12.1. The van der Waals surface area contributed by atoms with Gasteiger partial charge in [0.15, 0.2) is 0 Å². The first-order chi connectivity index (χ1) is 11.4. The monoisotopic (exact) mass is 331 g/mol. The molecule has 7 heteroatoms. The highest BCUT2D eigenvalue weighted by atomic mass is 16.3. The van der Waals surface area contributed by atoms with Gasteiger partial charge in [0.05, 0.1) is 17.5 Å². The van der Waals surface area contributed by atoms with Crippen LogP contribution in [0.15, 0.2) is 24.3 Å². The number of anilines is 1. The molecule has 130 valence electrons. The summed E-state index contributed by atoms with van der Waals surface area (Å²) in [6, 6.07) is 7.02. The predicted octanol–water partition coefficient (Wildman–Crippen LogP) is 2.41. The van der Waals surface area contributed by atoms with Gasteiger partial charge in [0.2, 0.25) is 0 Å². The summed E-state index contributed by atoms with van der Waals surface area (Å²) < 4.78 is 1.69. The van der Waals surface area contributed by atoms with E-state index in [-0.39, 0.29) is 12.6 Å². The van der Waals surface area contributed by atoms with Crippen LogP contribution in [0.25, 0.3) is 5.69 Å². The number of nitrogens with zero attached hydrogens (tertiary/aromatic N) is 3. The second-order valence-electron chi connectivity index (χ2n) is 6.25. The van der Waals surface area contributed by atoms with Gasteiger partial charge >= 0.3 is 6.03 Å². The summed E-state index contributed by atoms with van der Waals surface area (Å²) >= 11 is 0. The van der Waals surface area contributed by atoms with Crippen molar-refractivity contribution in [3.63, 3.8) is 0 Å². The topological polar surface area (TPSA) is 92.1 Å². The maximum absolute atomic E-state index is 12.1. The van der Waals surface area contributed by atoms with E-state index in [9.17, 15) is 9.90 Å². The summed E-state index contributed by atoms with van der Waals surface area (Å²) in [5, 5.41) is 19.7. The number of benzene rings is 1. The Balaban J connectivity index is 2.05. The van der Waals surface area contributed by atoms with Crippen LogP contribution in [0, 0.1) is 19.8 Å². The highest BCUT2D eigenvalue weighted by molar-refractivity contribution is 5.91. The molecule has 0 aliphatic carbocycles. The Labute approximate surface area is 142 Å². The minimum atomic E-state index is -0.550. The van der Waals surface area contributed by atoms with E-state index in [0.29, 0.717) is 23.9 Å². The number of nitrogens with one attached hydrogen (secondary N) is 2. The third kappa shape index (κ3) is 4.79. The standard InChI is InChI=1S/C17H25N5O2/c1-11(2)9-14(23)10-18-17(24)20-15-7-5-6-8-16(15)22-13(4)19-12(3)21-22/h5-8,11,14,23H,9-10H2,1-4H3,(H2,18,20,24). The predicted molar refractivity (Wildman–Crippen MR) is 93.3 cm³/mol. The van der Waals surface area contributed by atoms with Gasteiger partial charge in [-0.05, 0) is 38.3 Å². The highest BCUT2D eigenvalue weighted by Gasteiger charge is 2.13. The van der Waals surface area contributed by atoms with Crippen molar-refractivity contribution in [1.29, 1.82) is 0 Å². The van der Waals surface area contributed by atoms with Gasteiger partial charge < -0.3 is 15.7 Å². The second kappa shape index (κ2) is 7.92. The Hall–Kier alpha value is -2.41. The van der Waals surface area contributed by atoms with Crippen molar-refractivity contribution in [3.8, 4) is 5.69 Å². The minimum Gasteiger partial charge on any atom is -0.391 e. The SMILES string of the molecule is Cc1nc(C)n(-c2ccccc2NC(=O)NCC(O)CC(C)C)n1. The lowest BCUT2D eigenvalue weighted by Crippen LogP contribution is -2.36. The molecule has 1 aromatic heterocycles. The van der Waals surface area contributed by atoms with Crippen molar-refractivity contribution in [1.82, 2.24) is 20.1 Å². The molecule has 1 aromatic carbocycles. The molecular weight excluding hydrogens is 306 g/mol. The van der Waals surface area contributed by atoms with Gasteiger partial charge in [0.25, 0.3) is 0 Å². The molecule has 2 rings (SSSR count). The van der Waals surface area contributed by atoms with Crippen LogP contribution < -0.4 is 10.6 Å². The van der Waals surface area contributed by atoms with Crippen molar-refractivity contribution in [2.45, 2.75) is 40.2 Å². The molecule has 0 spiro atoms. The Morgan fingerprint density at radius 1 is 1.29 bits per heavy atom. The lowest BCUT2D eigenvalue weighted by molar-refractivity contribution is 0.148. The summed E-state index contributed by atoms with van der Waals surface area (Å²) in [4.78, 5) is 16.4. The van der Waals surface area contributed by atoms with E-state index in [4.69, 9.17) is 0 Å². The number of para-hydroxylation sites is 2. The van der Waals surface area contributed by atoms with E-state index >= 15 is 0 Å². The molecule has 24 heavy (non-hydrogen) atoms. The van der Waals surface area contributed by atoms with Crippen LogP contribution in [0.5, 0.6) is 0 Å². The Morgan fingerprint density at radius 3 is 2.62 bits per heavy atom. The molecule has 0 saturated carbocycles. The van der Waals surface area contributed by atoms with Crippen molar-refractivity contribution in [2.75, 3.05) is 11.9 Å². The first-order valence-corrected chi connectivity index (χ1v) is 8.09. The largest absolute Gasteiger partial charge is 0.391 e. The molecule has 2 amide bonds. The fraction of sp³-hybridized carbons (Fsp3) is 0.471. The molecule has 1 unspecified atom stereocenters. The number of rotatable bonds is 6. The Kier molecular flexibility index (Phi) is 5.92. The number of carbonyl (C=O) groups excluding carboxylic acids is 1. The summed E-state index contributed by atoms with van der Waals surface area (Å²) in [7, 11) is 0. The van der Waals surface area contributed by atoms with E-state index in [1.54, 1.807) is 10.7 Å². The number of urea groups is 1. The number of hydrogen-bond donors (Lipinski definition) is 3. The molecular formula is C17H25N5O2. The average molecular weight is 331 g/mol. The smallest absolute Gasteiger partial charge is 0.319 e. The Morgan fingerprint density at radius 2 is 2.00 bits per heavy atom. The van der Waals surface area contributed by atoms with Crippen molar-refractivity contribution in [2.24, 2.45) is 5.92 Å². The molecule has 3 N–H and O–H groups in total. The Bertz CT molecular complexity index is 696. The molecule has 0 aliphatic heterocycles. The number of carbonyl (C=O) groups is 1. The van der Waals surface area contributed by atoms with Crippen molar-refractivity contribution < 1.29 is 9.90 Å². The maximum Gasteiger partial charge on any atom is 0.319 e. The first-order valence-electron chi connectivity index (χ1n) is 8.09. The lowest BCUT2D eigenvalue weighted by Gasteiger charge is -2.15. The van der Waals surface area contributed by atoms with Crippen LogP contribution >= 0.6 is 0 Å². The summed E-state index contributed by atoms with van der Waals surface area (Å²) in [6.45, 7) is 7.96. The molecule has 0 bridgehead atoms. The van der Waals surface area contributed by atoms with Crippen LogP contribution in [0.4, 0.5) is 10.5 Å². The van der Waals surface area contributed by atoms with Crippen molar-refractivity contribution in [3.05, 3.63) is 35.9 Å². The minimum absolute atomic E-state index is 0.216. The summed E-state index contributed by atoms with van der Waals surface area (Å²) in [6.07, 6.45) is 0.0973. The van der Waals surface area contributed by atoms with Gasteiger partial charge in [0, 0.05) is 6.54 Å². The molecule has 2 aromatic rings. The average Bonchev–Trinajstić information content (AvgIpc) is 2.83. The zero-order chi connectivity index (χ0) is 17.7. The summed E-state index contributed by atoms with van der Waals surface area (Å²) in [5.41, 5.74) is 1.37. The van der Waals surface area contributed by atoms with Crippen LogP contribution in [0.1, 0.15) is 31.9 Å². The highest BCUT2D eigenvalue weighted by Crippen LogP contribution is 2.20. The van der Waals surface area contributed by atoms with Crippen LogP contribution in [-0.4, -0.2) is 38.6 Å². The van der Waals surface area contributed by atoms with Gasteiger partial charge in [-0.3, -0.25) is 0 Å². The zero-order valence-electron chi connectivity index (χ0n) is 14.6. The van der Waals surface area contributed by atoms with E-state index in [1.807, 2.05) is 45.9 Å². The molecule has 7 nitrogen and oxygen atoms in total. The fourth-order valence-electron chi connectivity index (χ4n) is 2.52. The molecule has 0 fully saturated rings. The molecule has 0 radical (unpaired) electrons. The van der Waals surface area contributed by atoms with Gasteiger partial charge in [0.1, 0.15) is 11.6 Å². The van der Waals surface area contributed by atoms with Crippen LogP contribution in [-0.2, 0) is 0 Å². The number of aryl methyl sites for hydroxylation is 2. The molecule has 1 heterocycles. The van der Waals surface area contributed by atoms with Gasteiger partial charge in [-0.25, -0.2) is 14.5 Å². The zero-order valence-corrected chi connectivity index (χ0v) is 14.6. The quantitative estimate of drug-likeness (QED) is 0.758. The van der Waals surface area contributed by atoms with Gasteiger partial charge in [-0.1, -0.05) is 26.0 Å². The first kappa shape index (κ1) is 17.9. The molecule has 0 saturated heterocycles. The number of aromatic nitrogens is 3. The molecule has 0 aliphatic rings. The van der Waals surface area contributed by atoms with E-state index < -0.39 is 6.10 Å². The van der Waals surface area contributed by atoms with Crippen molar-refractivity contribution >= 4 is 11.7 Å². The van der Waals surface area contributed by atoms with Crippen LogP contribution in [0.3, 0.4) is 0 Å². The van der Waals surface area contributed by atoms with E-state index in [1.165, 1.54) is 0 Å². The van der Waals surface area contributed by atoms with Gasteiger partial charge in [-0.2, -0.15) is 5.10 Å². The summed E-state index contributed by atoms with van der Waals surface area (Å²) in [5.74, 6) is 1.79. The third-order valence-electron chi connectivity index (χ3n) is 3.50.